The SMILES string of the molecule is CC1(C)C=C2c3c(nc4ccc(Cl)cc4c3C(=O)N2CCC(=O)O)C1. The van der Waals surface area contributed by atoms with Crippen LogP contribution >= 0.6 is 11.6 Å². The van der Waals surface area contributed by atoms with Gasteiger partial charge in [-0.15, -0.1) is 0 Å². The van der Waals surface area contributed by atoms with E-state index in [1.165, 1.54) is 0 Å². The van der Waals surface area contributed by atoms with Gasteiger partial charge >= 0.3 is 5.97 Å². The summed E-state index contributed by atoms with van der Waals surface area (Å²) in [5, 5.41) is 10.3. The lowest BCUT2D eigenvalue weighted by Crippen LogP contribution is -2.28. The second-order valence-corrected chi connectivity index (χ2v) is 7.70. The fraction of sp³-hybridized carbons (Fsp3) is 0.316. The summed E-state index contributed by atoms with van der Waals surface area (Å²) in [4.78, 5) is 30.5. The van der Waals surface area contributed by atoms with E-state index in [9.17, 15) is 9.59 Å². The summed E-state index contributed by atoms with van der Waals surface area (Å²) < 4.78 is 0. The summed E-state index contributed by atoms with van der Waals surface area (Å²) in [6.07, 6.45) is 2.69. The van der Waals surface area contributed by atoms with E-state index in [1.807, 2.05) is 6.07 Å². The van der Waals surface area contributed by atoms with Crippen LogP contribution in [0.15, 0.2) is 24.3 Å². The van der Waals surface area contributed by atoms with Gasteiger partial charge < -0.3 is 10.0 Å². The molecule has 0 spiro atoms. The Morgan fingerprint density at radius 3 is 2.84 bits per heavy atom. The highest BCUT2D eigenvalue weighted by molar-refractivity contribution is 6.31. The maximum atomic E-state index is 13.1. The molecule has 4 rings (SSSR count). The van der Waals surface area contributed by atoms with Crippen molar-refractivity contribution in [2.75, 3.05) is 6.54 Å². The van der Waals surface area contributed by atoms with Gasteiger partial charge in [0.2, 0.25) is 0 Å². The van der Waals surface area contributed by atoms with Crippen molar-refractivity contribution in [2.45, 2.75) is 26.7 Å². The Bertz CT molecular complexity index is 978. The average Bonchev–Trinajstić information content (AvgIpc) is 2.78. The van der Waals surface area contributed by atoms with Gasteiger partial charge in [0.1, 0.15) is 0 Å². The van der Waals surface area contributed by atoms with Crippen molar-refractivity contribution < 1.29 is 14.7 Å². The Kier molecular flexibility index (Phi) is 3.41. The monoisotopic (exact) mass is 356 g/mol. The van der Waals surface area contributed by atoms with E-state index in [0.717, 1.165) is 34.3 Å². The topological polar surface area (TPSA) is 70.5 Å². The third kappa shape index (κ3) is 2.50. The van der Waals surface area contributed by atoms with E-state index < -0.39 is 5.97 Å². The van der Waals surface area contributed by atoms with Crippen LogP contribution in [0.4, 0.5) is 0 Å². The molecule has 2 aromatic rings. The second-order valence-electron chi connectivity index (χ2n) is 7.27. The molecule has 0 bridgehead atoms. The number of nitrogens with zero attached hydrogens (tertiary/aromatic N) is 2. The smallest absolute Gasteiger partial charge is 0.305 e. The number of halogens is 1. The van der Waals surface area contributed by atoms with Crippen LogP contribution in [0.1, 0.15) is 41.9 Å². The molecule has 1 aliphatic carbocycles. The largest absolute Gasteiger partial charge is 0.481 e. The summed E-state index contributed by atoms with van der Waals surface area (Å²) in [5.74, 6) is -1.10. The van der Waals surface area contributed by atoms with Gasteiger partial charge in [-0.05, 0) is 30.0 Å². The predicted molar refractivity (Wildman–Crippen MR) is 95.5 cm³/mol. The number of aliphatic carboxylic acids is 1. The lowest BCUT2D eigenvalue weighted by Gasteiger charge is -2.29. The van der Waals surface area contributed by atoms with E-state index in [4.69, 9.17) is 21.7 Å². The number of benzene rings is 1. The summed E-state index contributed by atoms with van der Waals surface area (Å²) in [6.45, 7) is 4.33. The maximum Gasteiger partial charge on any atom is 0.305 e. The molecule has 2 aliphatic rings. The molecule has 0 saturated heterocycles. The molecule has 0 fully saturated rings. The number of carboxylic acid groups (broad SMARTS) is 1. The van der Waals surface area contributed by atoms with Crippen molar-refractivity contribution in [1.82, 2.24) is 9.88 Å². The standard InChI is InChI=1S/C19H17ClN2O3/c1-19(2)8-13-17-14(9-19)22(6-5-15(23)24)18(25)16(17)11-7-10(20)3-4-12(11)21-13/h3-4,7,9H,5-6,8H2,1-2H3,(H,23,24). The molecular formula is C19H17ClN2O3. The van der Waals surface area contributed by atoms with Gasteiger partial charge in [0.05, 0.1) is 28.9 Å². The number of aromatic nitrogens is 1. The zero-order valence-electron chi connectivity index (χ0n) is 14.0. The predicted octanol–water partition coefficient (Wildman–Crippen LogP) is 3.74. The van der Waals surface area contributed by atoms with Crippen molar-refractivity contribution in [1.29, 1.82) is 0 Å². The third-order valence-corrected chi connectivity index (χ3v) is 4.96. The number of fused-ring (bicyclic) bond motifs is 2. The summed E-state index contributed by atoms with van der Waals surface area (Å²) in [7, 11) is 0. The molecule has 0 radical (unpaired) electrons. The first-order valence-corrected chi connectivity index (χ1v) is 8.54. The first-order chi connectivity index (χ1) is 11.8. The number of allylic oxidation sites excluding steroid dienone is 1. The van der Waals surface area contributed by atoms with E-state index in [-0.39, 0.29) is 24.3 Å². The highest BCUT2D eigenvalue weighted by Crippen LogP contribution is 2.46. The zero-order chi connectivity index (χ0) is 17.9. The number of hydrogen-bond donors (Lipinski definition) is 1. The Morgan fingerprint density at radius 2 is 2.12 bits per heavy atom. The quantitative estimate of drug-likeness (QED) is 0.909. The molecule has 5 nitrogen and oxygen atoms in total. The van der Waals surface area contributed by atoms with Crippen molar-refractivity contribution >= 4 is 40.1 Å². The van der Waals surface area contributed by atoms with E-state index >= 15 is 0 Å². The zero-order valence-corrected chi connectivity index (χ0v) is 14.7. The third-order valence-electron chi connectivity index (χ3n) is 4.73. The van der Waals surface area contributed by atoms with Crippen LogP contribution in [0.25, 0.3) is 16.6 Å². The van der Waals surface area contributed by atoms with Crippen LogP contribution in [0.3, 0.4) is 0 Å². The van der Waals surface area contributed by atoms with E-state index in [1.54, 1.807) is 17.0 Å². The van der Waals surface area contributed by atoms with Crippen LogP contribution in [-0.4, -0.2) is 33.4 Å². The number of rotatable bonds is 3. The number of carbonyl (C=O) groups is 2. The number of carbonyl (C=O) groups excluding carboxylic acids is 1. The van der Waals surface area contributed by atoms with Gasteiger partial charge in [-0.1, -0.05) is 31.5 Å². The van der Waals surface area contributed by atoms with Crippen LogP contribution in [0.5, 0.6) is 0 Å². The minimum absolute atomic E-state index is 0.0983. The fourth-order valence-electron chi connectivity index (χ4n) is 3.72. The van der Waals surface area contributed by atoms with Gasteiger partial charge in [-0.2, -0.15) is 0 Å². The van der Waals surface area contributed by atoms with Gasteiger partial charge in [-0.25, -0.2) is 0 Å². The molecule has 1 N–H and O–H groups in total. The molecule has 1 aliphatic heterocycles. The number of hydrogen-bond acceptors (Lipinski definition) is 3. The number of carboxylic acids is 1. The first-order valence-electron chi connectivity index (χ1n) is 8.16. The first kappa shape index (κ1) is 16.1. The Labute approximate surface area is 149 Å². The molecule has 1 amide bonds. The number of pyridine rings is 1. The second kappa shape index (κ2) is 5.30. The number of amides is 1. The molecule has 1 aromatic carbocycles. The highest BCUT2D eigenvalue weighted by atomic mass is 35.5. The van der Waals surface area contributed by atoms with E-state index in [0.29, 0.717) is 10.6 Å². The van der Waals surface area contributed by atoms with Crippen molar-refractivity contribution in [2.24, 2.45) is 5.41 Å². The van der Waals surface area contributed by atoms with Crippen LogP contribution in [0.2, 0.25) is 5.02 Å². The molecule has 6 heteroatoms. The molecule has 1 aromatic heterocycles. The molecule has 128 valence electrons. The minimum atomic E-state index is -0.925. The fourth-order valence-corrected chi connectivity index (χ4v) is 3.90. The van der Waals surface area contributed by atoms with Gasteiger partial charge in [0.25, 0.3) is 5.91 Å². The Morgan fingerprint density at radius 1 is 1.36 bits per heavy atom. The van der Waals surface area contributed by atoms with Crippen LogP contribution in [-0.2, 0) is 11.2 Å². The highest BCUT2D eigenvalue weighted by Gasteiger charge is 2.41. The summed E-state index contributed by atoms with van der Waals surface area (Å²) in [6, 6.07) is 5.35. The summed E-state index contributed by atoms with van der Waals surface area (Å²) >= 11 is 6.13. The lowest BCUT2D eigenvalue weighted by molar-refractivity contribution is -0.137. The van der Waals surface area contributed by atoms with Crippen LogP contribution in [0, 0.1) is 5.41 Å². The lowest BCUT2D eigenvalue weighted by atomic mass is 9.79. The molecular weight excluding hydrogens is 340 g/mol. The van der Waals surface area contributed by atoms with Crippen molar-refractivity contribution in [3.63, 3.8) is 0 Å². The molecule has 0 saturated carbocycles. The summed E-state index contributed by atoms with van der Waals surface area (Å²) in [5.41, 5.74) is 3.68. The average molecular weight is 357 g/mol. The van der Waals surface area contributed by atoms with Gasteiger partial charge in [-0.3, -0.25) is 14.6 Å². The normalized spacial score (nSPS) is 17.6. The molecule has 2 heterocycles. The molecule has 25 heavy (non-hydrogen) atoms. The maximum absolute atomic E-state index is 13.1. The van der Waals surface area contributed by atoms with Gasteiger partial charge in [0, 0.05) is 22.5 Å². The Balaban J connectivity index is 1.98. The van der Waals surface area contributed by atoms with E-state index in [2.05, 4.69) is 19.9 Å². The van der Waals surface area contributed by atoms with Gasteiger partial charge in [0.15, 0.2) is 0 Å². The minimum Gasteiger partial charge on any atom is -0.481 e. The van der Waals surface area contributed by atoms with Crippen molar-refractivity contribution in [3.8, 4) is 0 Å². The van der Waals surface area contributed by atoms with Crippen LogP contribution < -0.4 is 0 Å². The molecule has 0 unspecified atom stereocenters. The molecule has 0 atom stereocenters. The Hall–Kier alpha value is -2.40. The van der Waals surface area contributed by atoms with Crippen molar-refractivity contribution in [3.05, 3.63) is 46.1 Å².